The predicted octanol–water partition coefficient (Wildman–Crippen LogP) is 4.54. The minimum absolute atomic E-state index is 0.129. The molecule has 0 radical (unpaired) electrons. The number of carbonyl (C=O) groups excluding carboxylic acids is 1. The molecule has 1 heterocycles. The lowest BCUT2D eigenvalue weighted by Gasteiger charge is -2.13. The van der Waals surface area contributed by atoms with Gasteiger partial charge in [-0.25, -0.2) is 4.39 Å². The van der Waals surface area contributed by atoms with Gasteiger partial charge in [0, 0.05) is 29.5 Å². The van der Waals surface area contributed by atoms with Crippen molar-refractivity contribution in [3.63, 3.8) is 0 Å². The number of nitrogens with one attached hydrogen (secondary N) is 1. The zero-order valence-electron chi connectivity index (χ0n) is 16.2. The molecule has 1 aromatic heterocycles. The molecule has 2 aromatic carbocycles. The monoisotopic (exact) mass is 399 g/mol. The largest absolute Gasteiger partial charge is 0.351 e. The van der Waals surface area contributed by atoms with Crippen LogP contribution in [0.2, 0.25) is 5.02 Å². The molecule has 0 aliphatic rings. The lowest BCUT2D eigenvalue weighted by molar-refractivity contribution is 0.0950. The van der Waals surface area contributed by atoms with Gasteiger partial charge in [-0.15, -0.1) is 0 Å². The highest BCUT2D eigenvalue weighted by molar-refractivity contribution is 6.30. The fourth-order valence-electron chi connectivity index (χ4n) is 3.08. The van der Waals surface area contributed by atoms with Crippen molar-refractivity contribution in [2.24, 2.45) is 0 Å². The smallest absolute Gasteiger partial charge is 0.253 e. The third-order valence-electron chi connectivity index (χ3n) is 4.56. The normalized spacial score (nSPS) is 11.1. The molecule has 1 amide bonds. The minimum atomic E-state index is -0.303. The maximum absolute atomic E-state index is 13.4. The highest BCUT2D eigenvalue weighted by Crippen LogP contribution is 2.30. The Labute approximate surface area is 169 Å². The number of benzene rings is 2. The van der Waals surface area contributed by atoms with Crippen LogP contribution in [0.5, 0.6) is 0 Å². The Balaban J connectivity index is 2.05. The summed E-state index contributed by atoms with van der Waals surface area (Å²) in [5, 5.41) is 3.60. The molecule has 6 heteroatoms. The van der Waals surface area contributed by atoms with E-state index < -0.39 is 0 Å². The summed E-state index contributed by atoms with van der Waals surface area (Å²) in [7, 11) is 3.92. The van der Waals surface area contributed by atoms with E-state index in [0.717, 1.165) is 29.2 Å². The molecule has 0 aliphatic heterocycles. The number of carbonyl (C=O) groups is 1. The number of likely N-dealkylation sites (N-methyl/N-ethyl adjacent to an activating group) is 1. The lowest BCUT2D eigenvalue weighted by atomic mass is 10.1. The van der Waals surface area contributed by atoms with Crippen LogP contribution >= 0.6 is 11.6 Å². The van der Waals surface area contributed by atoms with Crippen molar-refractivity contribution in [3.8, 4) is 16.9 Å². The highest BCUT2D eigenvalue weighted by Gasteiger charge is 2.19. The van der Waals surface area contributed by atoms with Gasteiger partial charge in [0.25, 0.3) is 5.91 Å². The van der Waals surface area contributed by atoms with Gasteiger partial charge in [0.1, 0.15) is 5.82 Å². The summed E-state index contributed by atoms with van der Waals surface area (Å²) in [6, 6.07) is 15.5. The Morgan fingerprint density at radius 3 is 2.36 bits per heavy atom. The van der Waals surface area contributed by atoms with Crippen LogP contribution in [0.25, 0.3) is 16.9 Å². The standard InChI is InChI=1S/C22H23ClFN3O/c1-15-20(22(28)25-12-13-26(2)3)14-21(16-4-6-17(23)7-5-16)27(15)19-10-8-18(24)9-11-19/h4-11,14H,12-13H2,1-3H3,(H,25,28). The molecule has 0 saturated carbocycles. The van der Waals surface area contributed by atoms with Crippen molar-refractivity contribution in [1.82, 2.24) is 14.8 Å². The topological polar surface area (TPSA) is 37.3 Å². The lowest BCUT2D eigenvalue weighted by Crippen LogP contribution is -2.31. The molecular weight excluding hydrogens is 377 g/mol. The number of nitrogens with zero attached hydrogens (tertiary/aromatic N) is 2. The van der Waals surface area contributed by atoms with Crippen LogP contribution in [0.4, 0.5) is 4.39 Å². The van der Waals surface area contributed by atoms with Crippen LogP contribution in [-0.2, 0) is 0 Å². The molecule has 146 valence electrons. The van der Waals surface area contributed by atoms with E-state index in [1.165, 1.54) is 12.1 Å². The molecule has 0 fully saturated rings. The van der Waals surface area contributed by atoms with Crippen molar-refractivity contribution in [2.45, 2.75) is 6.92 Å². The summed E-state index contributed by atoms with van der Waals surface area (Å²) < 4.78 is 15.4. The van der Waals surface area contributed by atoms with E-state index in [0.29, 0.717) is 17.1 Å². The van der Waals surface area contributed by atoms with Gasteiger partial charge in [-0.3, -0.25) is 4.79 Å². The van der Waals surface area contributed by atoms with Crippen molar-refractivity contribution >= 4 is 17.5 Å². The van der Waals surface area contributed by atoms with Gasteiger partial charge in [-0.2, -0.15) is 0 Å². The molecule has 28 heavy (non-hydrogen) atoms. The Morgan fingerprint density at radius 2 is 1.75 bits per heavy atom. The zero-order valence-corrected chi connectivity index (χ0v) is 16.9. The second-order valence-corrected chi connectivity index (χ2v) is 7.34. The first kappa shape index (κ1) is 20.1. The minimum Gasteiger partial charge on any atom is -0.351 e. The first-order chi connectivity index (χ1) is 13.4. The van der Waals surface area contributed by atoms with E-state index in [1.807, 2.05) is 60.8 Å². The van der Waals surface area contributed by atoms with Crippen LogP contribution in [0, 0.1) is 12.7 Å². The number of hydrogen-bond acceptors (Lipinski definition) is 2. The molecule has 0 bridgehead atoms. The third-order valence-corrected chi connectivity index (χ3v) is 4.81. The fraction of sp³-hybridized carbons (Fsp3) is 0.227. The van der Waals surface area contributed by atoms with E-state index in [9.17, 15) is 9.18 Å². The summed E-state index contributed by atoms with van der Waals surface area (Å²) in [6.07, 6.45) is 0. The van der Waals surface area contributed by atoms with E-state index in [4.69, 9.17) is 11.6 Å². The van der Waals surface area contributed by atoms with Crippen LogP contribution in [0.3, 0.4) is 0 Å². The Hall–Kier alpha value is -2.63. The number of amides is 1. The number of halogens is 2. The second-order valence-electron chi connectivity index (χ2n) is 6.91. The number of aromatic nitrogens is 1. The van der Waals surface area contributed by atoms with Gasteiger partial charge in [0.2, 0.25) is 0 Å². The molecule has 0 aliphatic carbocycles. The van der Waals surface area contributed by atoms with E-state index in [2.05, 4.69) is 5.32 Å². The maximum atomic E-state index is 13.4. The first-order valence-corrected chi connectivity index (χ1v) is 9.42. The molecule has 3 rings (SSSR count). The molecule has 1 N–H and O–H groups in total. The molecule has 0 unspecified atom stereocenters. The Kier molecular flexibility index (Phi) is 6.17. The van der Waals surface area contributed by atoms with Gasteiger partial charge < -0.3 is 14.8 Å². The fourth-order valence-corrected chi connectivity index (χ4v) is 3.21. The Morgan fingerprint density at radius 1 is 1.11 bits per heavy atom. The van der Waals surface area contributed by atoms with E-state index in [1.54, 1.807) is 12.1 Å². The van der Waals surface area contributed by atoms with Crippen LogP contribution in [0.1, 0.15) is 16.1 Å². The summed E-state index contributed by atoms with van der Waals surface area (Å²) >= 11 is 6.03. The molecule has 0 atom stereocenters. The van der Waals surface area contributed by atoms with Crippen molar-refractivity contribution in [3.05, 3.63) is 76.7 Å². The summed E-state index contributed by atoms with van der Waals surface area (Å²) in [5.74, 6) is -0.432. The van der Waals surface area contributed by atoms with Crippen LogP contribution in [-0.4, -0.2) is 42.6 Å². The van der Waals surface area contributed by atoms with Crippen LogP contribution < -0.4 is 5.32 Å². The molecule has 3 aromatic rings. The van der Waals surface area contributed by atoms with Crippen LogP contribution in [0.15, 0.2) is 54.6 Å². The first-order valence-electron chi connectivity index (χ1n) is 9.04. The summed E-state index contributed by atoms with van der Waals surface area (Å²) in [6.45, 7) is 3.21. The van der Waals surface area contributed by atoms with Gasteiger partial charge in [-0.1, -0.05) is 23.7 Å². The van der Waals surface area contributed by atoms with Gasteiger partial charge in [-0.05, 0) is 69.0 Å². The molecular formula is C22H23ClFN3O. The average molecular weight is 400 g/mol. The number of hydrogen-bond donors (Lipinski definition) is 1. The van der Waals surface area contributed by atoms with Gasteiger partial charge in [0.05, 0.1) is 11.3 Å². The van der Waals surface area contributed by atoms with Gasteiger partial charge >= 0.3 is 0 Å². The quantitative estimate of drug-likeness (QED) is 0.660. The number of rotatable bonds is 6. The van der Waals surface area contributed by atoms with E-state index >= 15 is 0 Å². The second kappa shape index (κ2) is 8.59. The zero-order chi connectivity index (χ0) is 20.3. The van der Waals surface area contributed by atoms with E-state index in [-0.39, 0.29) is 11.7 Å². The summed E-state index contributed by atoms with van der Waals surface area (Å²) in [5.41, 5.74) is 3.94. The van der Waals surface area contributed by atoms with Crippen molar-refractivity contribution in [2.75, 3.05) is 27.2 Å². The maximum Gasteiger partial charge on any atom is 0.253 e. The molecule has 4 nitrogen and oxygen atoms in total. The SMILES string of the molecule is Cc1c(C(=O)NCCN(C)C)cc(-c2ccc(Cl)cc2)n1-c1ccc(F)cc1. The highest BCUT2D eigenvalue weighted by atomic mass is 35.5. The molecule has 0 saturated heterocycles. The predicted molar refractivity (Wildman–Crippen MR) is 112 cm³/mol. The average Bonchev–Trinajstić information content (AvgIpc) is 3.00. The molecule has 0 spiro atoms. The van der Waals surface area contributed by atoms with Gasteiger partial charge in [0.15, 0.2) is 0 Å². The Bertz CT molecular complexity index is 963. The van der Waals surface area contributed by atoms with Crippen molar-refractivity contribution in [1.29, 1.82) is 0 Å². The third kappa shape index (κ3) is 4.43. The van der Waals surface area contributed by atoms with Crippen molar-refractivity contribution < 1.29 is 9.18 Å². The summed E-state index contributed by atoms with van der Waals surface area (Å²) in [4.78, 5) is 14.8.